The van der Waals surface area contributed by atoms with Crippen molar-refractivity contribution in [2.45, 2.75) is 12.8 Å². The van der Waals surface area contributed by atoms with E-state index in [1.54, 1.807) is 0 Å². The molecule has 14 heavy (non-hydrogen) atoms. The molecule has 0 aromatic heterocycles. The van der Waals surface area contributed by atoms with E-state index in [4.69, 9.17) is 4.74 Å². The lowest BCUT2D eigenvalue weighted by Gasteiger charge is -2.06. The molecule has 0 spiro atoms. The van der Waals surface area contributed by atoms with Gasteiger partial charge in [0.05, 0.1) is 20.1 Å². The summed E-state index contributed by atoms with van der Waals surface area (Å²) in [5.41, 5.74) is 2.11. The molecule has 0 radical (unpaired) electrons. The van der Waals surface area contributed by atoms with Crippen LogP contribution in [0.5, 0.6) is 5.75 Å². The molecule has 2 rings (SSSR count). The number of fused-ring (bicyclic) bond motifs is 1. The van der Waals surface area contributed by atoms with Crippen LogP contribution in [0.25, 0.3) is 0 Å². The van der Waals surface area contributed by atoms with Crippen molar-refractivity contribution in [3.05, 3.63) is 29.3 Å². The van der Waals surface area contributed by atoms with E-state index in [0.29, 0.717) is 13.0 Å². The van der Waals surface area contributed by atoms with Crippen molar-refractivity contribution >= 4 is 5.97 Å². The van der Waals surface area contributed by atoms with E-state index >= 15 is 0 Å². The van der Waals surface area contributed by atoms with Crippen molar-refractivity contribution < 1.29 is 14.3 Å². The molecule has 0 atom stereocenters. The maximum absolute atomic E-state index is 11.1. The highest BCUT2D eigenvalue weighted by molar-refractivity contribution is 5.73. The maximum atomic E-state index is 11.1. The zero-order valence-electron chi connectivity index (χ0n) is 8.08. The molecule has 0 amide bonds. The van der Waals surface area contributed by atoms with Crippen LogP contribution in [-0.4, -0.2) is 19.7 Å². The Morgan fingerprint density at radius 3 is 3.21 bits per heavy atom. The summed E-state index contributed by atoms with van der Waals surface area (Å²) >= 11 is 0. The van der Waals surface area contributed by atoms with Crippen LogP contribution in [0, 0.1) is 0 Å². The van der Waals surface area contributed by atoms with Gasteiger partial charge in [-0.05, 0) is 5.56 Å². The smallest absolute Gasteiger partial charge is 0.310 e. The standard InChI is InChI=1S/C11H12O3/c1-13-10(12)7-9-4-2-3-8-5-6-14-11(8)9/h2-4H,5-7H2,1H3. The number of hydrogen-bond donors (Lipinski definition) is 0. The van der Waals surface area contributed by atoms with Crippen molar-refractivity contribution in [2.24, 2.45) is 0 Å². The quantitative estimate of drug-likeness (QED) is 0.663. The number of benzene rings is 1. The van der Waals surface area contributed by atoms with Gasteiger partial charge in [-0.15, -0.1) is 0 Å². The largest absolute Gasteiger partial charge is 0.493 e. The van der Waals surface area contributed by atoms with Gasteiger partial charge in [0.25, 0.3) is 0 Å². The highest BCUT2D eigenvalue weighted by Crippen LogP contribution is 2.29. The van der Waals surface area contributed by atoms with Gasteiger partial charge in [0.15, 0.2) is 0 Å². The number of carbonyl (C=O) groups is 1. The fourth-order valence-corrected chi connectivity index (χ4v) is 1.65. The Balaban J connectivity index is 2.26. The van der Waals surface area contributed by atoms with Gasteiger partial charge in [0.1, 0.15) is 5.75 Å². The van der Waals surface area contributed by atoms with Crippen LogP contribution < -0.4 is 4.74 Å². The molecule has 1 aromatic rings. The van der Waals surface area contributed by atoms with Gasteiger partial charge in [-0.25, -0.2) is 0 Å². The van der Waals surface area contributed by atoms with Gasteiger partial charge in [-0.1, -0.05) is 18.2 Å². The Morgan fingerprint density at radius 1 is 1.57 bits per heavy atom. The lowest BCUT2D eigenvalue weighted by Crippen LogP contribution is -2.05. The van der Waals surface area contributed by atoms with Crippen molar-refractivity contribution in [2.75, 3.05) is 13.7 Å². The summed E-state index contributed by atoms with van der Waals surface area (Å²) in [7, 11) is 1.40. The number of ether oxygens (including phenoxy) is 2. The van der Waals surface area contributed by atoms with Crippen LogP contribution in [-0.2, 0) is 22.4 Å². The minimum absolute atomic E-state index is 0.228. The minimum atomic E-state index is -0.228. The predicted octanol–water partition coefficient (Wildman–Crippen LogP) is 1.34. The number of carbonyl (C=O) groups excluding carboxylic acids is 1. The van der Waals surface area contributed by atoms with Crippen LogP contribution >= 0.6 is 0 Å². The van der Waals surface area contributed by atoms with Crippen LogP contribution in [0.15, 0.2) is 18.2 Å². The first-order valence-corrected chi connectivity index (χ1v) is 4.61. The Morgan fingerprint density at radius 2 is 2.43 bits per heavy atom. The van der Waals surface area contributed by atoms with Gasteiger partial charge >= 0.3 is 5.97 Å². The number of rotatable bonds is 2. The fraction of sp³-hybridized carbons (Fsp3) is 0.364. The summed E-state index contributed by atoms with van der Waals surface area (Å²) in [4.78, 5) is 11.1. The fourth-order valence-electron chi connectivity index (χ4n) is 1.65. The van der Waals surface area contributed by atoms with Gasteiger partial charge in [-0.2, -0.15) is 0 Å². The third-order valence-electron chi connectivity index (χ3n) is 2.36. The number of esters is 1. The lowest BCUT2D eigenvalue weighted by molar-refractivity contribution is -0.139. The summed E-state index contributed by atoms with van der Waals surface area (Å²) in [6.07, 6.45) is 1.23. The highest BCUT2D eigenvalue weighted by Gasteiger charge is 2.17. The molecular weight excluding hydrogens is 180 g/mol. The third-order valence-corrected chi connectivity index (χ3v) is 2.36. The molecule has 74 valence electrons. The van der Waals surface area contributed by atoms with Gasteiger partial charge in [0.2, 0.25) is 0 Å². The van der Waals surface area contributed by atoms with Crippen LogP contribution in [0.4, 0.5) is 0 Å². The van der Waals surface area contributed by atoms with E-state index < -0.39 is 0 Å². The average molecular weight is 192 g/mol. The Kier molecular flexibility index (Phi) is 2.39. The molecule has 1 aliphatic heterocycles. The molecule has 3 heteroatoms. The molecule has 0 bridgehead atoms. The highest BCUT2D eigenvalue weighted by atomic mass is 16.5. The average Bonchev–Trinajstić information content (AvgIpc) is 2.66. The zero-order chi connectivity index (χ0) is 9.97. The lowest BCUT2D eigenvalue weighted by atomic mass is 10.1. The minimum Gasteiger partial charge on any atom is -0.493 e. The summed E-state index contributed by atoms with van der Waals surface area (Å²) in [6, 6.07) is 5.88. The van der Waals surface area contributed by atoms with Crippen LogP contribution in [0.3, 0.4) is 0 Å². The number of methoxy groups -OCH3 is 1. The molecular formula is C11H12O3. The van der Waals surface area contributed by atoms with Crippen molar-refractivity contribution in [1.82, 2.24) is 0 Å². The molecule has 1 aliphatic rings. The summed E-state index contributed by atoms with van der Waals surface area (Å²) in [6.45, 7) is 0.716. The van der Waals surface area contributed by atoms with Crippen LogP contribution in [0.1, 0.15) is 11.1 Å². The van der Waals surface area contributed by atoms with Crippen molar-refractivity contribution in [3.8, 4) is 5.75 Å². The Hall–Kier alpha value is -1.51. The van der Waals surface area contributed by atoms with E-state index in [2.05, 4.69) is 4.74 Å². The van der Waals surface area contributed by atoms with Gasteiger partial charge in [-0.3, -0.25) is 4.79 Å². The maximum Gasteiger partial charge on any atom is 0.310 e. The Bertz CT molecular complexity index is 358. The van der Waals surface area contributed by atoms with E-state index in [-0.39, 0.29) is 5.97 Å². The Labute approximate surface area is 82.6 Å². The van der Waals surface area contributed by atoms with E-state index in [1.165, 1.54) is 12.7 Å². The molecule has 0 fully saturated rings. The predicted molar refractivity (Wildman–Crippen MR) is 51.4 cm³/mol. The van der Waals surface area contributed by atoms with Crippen molar-refractivity contribution in [1.29, 1.82) is 0 Å². The first-order chi connectivity index (χ1) is 6.81. The first-order valence-electron chi connectivity index (χ1n) is 4.61. The second-order valence-electron chi connectivity index (χ2n) is 3.26. The topological polar surface area (TPSA) is 35.5 Å². The third kappa shape index (κ3) is 1.58. The number of hydrogen-bond acceptors (Lipinski definition) is 3. The molecule has 0 aliphatic carbocycles. The van der Waals surface area contributed by atoms with Gasteiger partial charge < -0.3 is 9.47 Å². The molecule has 1 heterocycles. The van der Waals surface area contributed by atoms with Gasteiger partial charge in [0, 0.05) is 12.0 Å². The first kappa shape index (κ1) is 9.06. The van der Waals surface area contributed by atoms with E-state index in [9.17, 15) is 4.79 Å². The molecule has 3 nitrogen and oxygen atoms in total. The molecule has 0 N–H and O–H groups in total. The molecule has 0 saturated carbocycles. The van der Waals surface area contributed by atoms with Crippen LogP contribution in [0.2, 0.25) is 0 Å². The molecule has 0 unspecified atom stereocenters. The monoisotopic (exact) mass is 192 g/mol. The summed E-state index contributed by atoms with van der Waals surface area (Å²) < 4.78 is 10.1. The zero-order valence-corrected chi connectivity index (χ0v) is 8.08. The van der Waals surface area contributed by atoms with E-state index in [1.807, 2.05) is 18.2 Å². The normalized spacial score (nSPS) is 13.2. The summed E-state index contributed by atoms with van der Waals surface area (Å²) in [5, 5.41) is 0. The molecule has 1 aromatic carbocycles. The second kappa shape index (κ2) is 3.70. The van der Waals surface area contributed by atoms with Crippen molar-refractivity contribution in [3.63, 3.8) is 0 Å². The summed E-state index contributed by atoms with van der Waals surface area (Å²) in [5.74, 6) is 0.645. The number of para-hydroxylation sites is 1. The molecule has 0 saturated heterocycles. The SMILES string of the molecule is COC(=O)Cc1cccc2c1OCC2. The second-order valence-corrected chi connectivity index (χ2v) is 3.26. The van der Waals surface area contributed by atoms with E-state index in [0.717, 1.165) is 17.7 Å².